The number of carbonyl (C=O) groups excluding carboxylic acids is 1. The van der Waals surface area contributed by atoms with Crippen LogP contribution < -0.4 is 29.5 Å². The normalized spacial score (nSPS) is 12.0. The number of carbonyl (C=O) groups is 1. The minimum absolute atomic E-state index is 0.163. The number of ether oxygens (including phenoxy) is 2. The van der Waals surface area contributed by atoms with Crippen molar-refractivity contribution in [3.05, 3.63) is 103 Å². The molecule has 37 heavy (non-hydrogen) atoms. The molecule has 186 valence electrons. The molecule has 0 atom stereocenters. The second-order valence-electron chi connectivity index (χ2n) is 8.24. The number of nitrogens with one attached hydrogen (secondary N) is 1. The summed E-state index contributed by atoms with van der Waals surface area (Å²) < 4.78 is 12.9. The number of anilines is 1. The van der Waals surface area contributed by atoms with E-state index >= 15 is 0 Å². The van der Waals surface area contributed by atoms with Gasteiger partial charge in [-0.15, -0.1) is 11.3 Å². The second-order valence-corrected chi connectivity index (χ2v) is 9.27. The molecular formula is C29H25N3O4S. The summed E-state index contributed by atoms with van der Waals surface area (Å²) in [5.74, 6) is 0.403. The van der Waals surface area contributed by atoms with E-state index in [1.807, 2.05) is 56.3 Å². The molecule has 0 unspecified atom stereocenters. The summed E-state index contributed by atoms with van der Waals surface area (Å²) in [6.45, 7) is 3.78. The number of thiazole rings is 1. The molecule has 1 aromatic heterocycles. The van der Waals surface area contributed by atoms with E-state index < -0.39 is 5.91 Å². The molecule has 0 saturated carbocycles. The Kier molecular flexibility index (Phi) is 7.56. The van der Waals surface area contributed by atoms with Crippen LogP contribution in [-0.4, -0.2) is 24.7 Å². The molecule has 0 aliphatic heterocycles. The Bertz CT molecular complexity index is 1710. The highest BCUT2D eigenvalue weighted by Gasteiger charge is 2.18. The van der Waals surface area contributed by atoms with E-state index in [-0.39, 0.29) is 15.8 Å². The Hall–Kier alpha value is -4.61. The summed E-state index contributed by atoms with van der Waals surface area (Å²) in [5.41, 5.74) is 3.06. The summed E-state index contributed by atoms with van der Waals surface area (Å²) in [6, 6.07) is 22.0. The Morgan fingerprint density at radius 1 is 1.03 bits per heavy atom. The van der Waals surface area contributed by atoms with Crippen LogP contribution >= 0.6 is 11.3 Å². The van der Waals surface area contributed by atoms with E-state index in [4.69, 9.17) is 9.47 Å². The van der Waals surface area contributed by atoms with Crippen LogP contribution in [-0.2, 0) is 4.79 Å². The van der Waals surface area contributed by atoms with Crippen LogP contribution in [0.2, 0.25) is 0 Å². The summed E-state index contributed by atoms with van der Waals surface area (Å²) in [7, 11) is 3.06. The molecule has 1 N–H and O–H groups in total. The first-order chi connectivity index (χ1) is 17.9. The average Bonchev–Trinajstić information content (AvgIpc) is 3.19. The van der Waals surface area contributed by atoms with Crippen molar-refractivity contribution >= 4 is 34.6 Å². The summed E-state index contributed by atoms with van der Waals surface area (Å²) in [4.78, 5) is 27.0. The lowest BCUT2D eigenvalue weighted by Gasteiger charge is -2.09. The third-order valence-electron chi connectivity index (χ3n) is 5.73. The molecule has 0 bridgehead atoms. The zero-order chi connectivity index (χ0) is 26.5. The molecule has 4 rings (SSSR count). The summed E-state index contributed by atoms with van der Waals surface area (Å²) >= 11 is 1.07. The average molecular weight is 512 g/mol. The van der Waals surface area contributed by atoms with Crippen molar-refractivity contribution in [2.75, 3.05) is 19.5 Å². The second kappa shape index (κ2) is 11.0. The van der Waals surface area contributed by atoms with Crippen LogP contribution in [0.3, 0.4) is 0 Å². The predicted molar refractivity (Wildman–Crippen MR) is 146 cm³/mol. The van der Waals surface area contributed by atoms with E-state index in [9.17, 15) is 14.9 Å². The molecule has 7 nitrogen and oxygen atoms in total. The maximum absolute atomic E-state index is 13.8. The largest absolute Gasteiger partial charge is 0.493 e. The highest BCUT2D eigenvalue weighted by atomic mass is 32.1. The summed E-state index contributed by atoms with van der Waals surface area (Å²) in [6.07, 6.45) is 1.68. The van der Waals surface area contributed by atoms with Gasteiger partial charge in [0.25, 0.3) is 11.5 Å². The predicted octanol–water partition coefficient (Wildman–Crippen LogP) is 3.67. The Morgan fingerprint density at radius 3 is 2.46 bits per heavy atom. The van der Waals surface area contributed by atoms with Crippen molar-refractivity contribution in [2.24, 2.45) is 0 Å². The topological polar surface area (TPSA) is 93.4 Å². The molecule has 8 heteroatoms. The molecule has 0 spiro atoms. The van der Waals surface area contributed by atoms with E-state index in [2.05, 4.69) is 5.32 Å². The van der Waals surface area contributed by atoms with E-state index in [0.29, 0.717) is 33.0 Å². The fraction of sp³-hybridized carbons (Fsp3) is 0.138. The molecule has 3 aromatic carbocycles. The zero-order valence-corrected chi connectivity index (χ0v) is 21.7. The van der Waals surface area contributed by atoms with E-state index in [1.54, 1.807) is 36.4 Å². The van der Waals surface area contributed by atoms with Gasteiger partial charge in [0.15, 0.2) is 17.1 Å². The SMILES string of the molecule is COc1cccc(C=c2sc(=C(C#N)C(=O)Nc3cccc(C)c3)n(-c3ccccc3C)c2=O)c1OC. The van der Waals surface area contributed by atoms with E-state index in [0.717, 1.165) is 22.5 Å². The van der Waals surface area contributed by atoms with Gasteiger partial charge in [-0.3, -0.25) is 14.2 Å². The van der Waals surface area contributed by atoms with Gasteiger partial charge >= 0.3 is 0 Å². The zero-order valence-electron chi connectivity index (χ0n) is 20.9. The standard InChI is InChI=1S/C29H25N3O4S/c1-18-9-7-12-21(15-18)31-27(33)22(17-30)29-32(23-13-6-5-10-19(23)2)28(34)25(37-29)16-20-11-8-14-24(35-3)26(20)36-4/h5-16H,1-4H3,(H,31,33). The van der Waals surface area contributed by atoms with Crippen molar-refractivity contribution in [3.8, 4) is 23.3 Å². The number of nitrogens with zero attached hydrogens (tertiary/aromatic N) is 2. The highest BCUT2D eigenvalue weighted by molar-refractivity contribution is 7.07. The Labute approximate surface area is 218 Å². The van der Waals surface area contributed by atoms with Crippen molar-refractivity contribution in [2.45, 2.75) is 13.8 Å². The Morgan fingerprint density at radius 2 is 1.78 bits per heavy atom. The van der Waals surface area contributed by atoms with Crippen LogP contribution in [0.5, 0.6) is 11.5 Å². The van der Waals surface area contributed by atoms with Gasteiger partial charge < -0.3 is 14.8 Å². The number of aryl methyl sites for hydroxylation is 2. The van der Waals surface area contributed by atoms with Crippen LogP contribution in [0.4, 0.5) is 5.69 Å². The molecule has 0 aliphatic rings. The molecule has 1 amide bonds. The molecule has 4 aromatic rings. The van der Waals surface area contributed by atoms with Gasteiger partial charge in [-0.25, -0.2) is 0 Å². The number of nitriles is 1. The van der Waals surface area contributed by atoms with Gasteiger partial charge in [-0.1, -0.05) is 42.5 Å². The number of hydrogen-bond acceptors (Lipinski definition) is 6. The first-order valence-corrected chi connectivity index (χ1v) is 12.2. The van der Waals surface area contributed by atoms with Crippen LogP contribution in [0.25, 0.3) is 17.3 Å². The lowest BCUT2D eigenvalue weighted by atomic mass is 10.1. The molecule has 0 radical (unpaired) electrons. The number of para-hydroxylation sites is 2. The van der Waals surface area contributed by atoms with Gasteiger partial charge in [0.1, 0.15) is 10.7 Å². The van der Waals surface area contributed by atoms with Crippen molar-refractivity contribution in [1.82, 2.24) is 4.57 Å². The van der Waals surface area contributed by atoms with Crippen molar-refractivity contribution in [3.63, 3.8) is 0 Å². The minimum Gasteiger partial charge on any atom is -0.493 e. The number of hydrogen-bond donors (Lipinski definition) is 1. The number of benzene rings is 3. The van der Waals surface area contributed by atoms with Gasteiger partial charge in [0, 0.05) is 11.3 Å². The minimum atomic E-state index is -0.595. The number of aromatic nitrogens is 1. The lowest BCUT2D eigenvalue weighted by molar-refractivity contribution is -0.111. The molecule has 0 aliphatic carbocycles. The molecule has 1 heterocycles. The van der Waals surface area contributed by atoms with Crippen LogP contribution in [0.15, 0.2) is 71.5 Å². The first kappa shape index (κ1) is 25.5. The van der Waals surface area contributed by atoms with Crippen molar-refractivity contribution < 1.29 is 14.3 Å². The number of amides is 1. The summed E-state index contributed by atoms with van der Waals surface area (Å²) in [5, 5.41) is 12.8. The fourth-order valence-corrected chi connectivity index (χ4v) is 5.05. The third-order valence-corrected chi connectivity index (χ3v) is 6.82. The van der Waals surface area contributed by atoms with Gasteiger partial charge in [-0.05, 0) is 55.3 Å². The maximum Gasteiger partial charge on any atom is 0.273 e. The lowest BCUT2D eigenvalue weighted by Crippen LogP contribution is -2.32. The van der Waals surface area contributed by atoms with Crippen LogP contribution in [0.1, 0.15) is 16.7 Å². The highest BCUT2D eigenvalue weighted by Crippen LogP contribution is 2.31. The number of rotatable bonds is 6. The monoisotopic (exact) mass is 511 g/mol. The fourth-order valence-electron chi connectivity index (χ4n) is 3.96. The van der Waals surface area contributed by atoms with Gasteiger partial charge in [-0.2, -0.15) is 5.26 Å². The number of methoxy groups -OCH3 is 2. The van der Waals surface area contributed by atoms with Crippen LogP contribution in [0, 0.1) is 25.2 Å². The molecular weight excluding hydrogens is 486 g/mol. The van der Waals surface area contributed by atoms with Crippen molar-refractivity contribution in [1.29, 1.82) is 5.26 Å². The maximum atomic E-state index is 13.8. The van der Waals surface area contributed by atoms with E-state index in [1.165, 1.54) is 18.8 Å². The first-order valence-electron chi connectivity index (χ1n) is 11.4. The third kappa shape index (κ3) is 5.17. The molecule has 0 fully saturated rings. The quantitative estimate of drug-likeness (QED) is 0.426. The van der Waals surface area contributed by atoms with Gasteiger partial charge in [0.2, 0.25) is 0 Å². The van der Waals surface area contributed by atoms with Gasteiger partial charge in [0.05, 0.1) is 24.4 Å². The molecule has 0 saturated heterocycles. The Balaban J connectivity index is 2.02. The smallest absolute Gasteiger partial charge is 0.273 e.